The number of rotatable bonds is 6. The predicted molar refractivity (Wildman–Crippen MR) is 76.6 cm³/mol. The van der Waals surface area contributed by atoms with Gasteiger partial charge in [0.1, 0.15) is 11.5 Å². The van der Waals surface area contributed by atoms with Gasteiger partial charge in [-0.1, -0.05) is 13.3 Å². The molecule has 2 aromatic heterocycles. The highest BCUT2D eigenvalue weighted by Gasteiger charge is 2.12. The summed E-state index contributed by atoms with van der Waals surface area (Å²) in [4.78, 5) is 15.7. The summed E-state index contributed by atoms with van der Waals surface area (Å²) in [5, 5.41) is 11.5. The standard InChI is InChI=1S/C13H19N5O2/c1-2-3-4-10-13(15-7-12(19)17-20)18-8-9(14)5-6-11(18)16-10/h5-6,8,15,20H,2-4,7,14H2,1H3,(H,17,19). The SMILES string of the molecule is CCCCc1nc2ccc(N)cn2c1NCC(=O)NO. The quantitative estimate of drug-likeness (QED) is 0.469. The predicted octanol–water partition coefficient (Wildman–Crippen LogP) is 1.18. The van der Waals surface area contributed by atoms with Crippen molar-refractivity contribution >= 4 is 23.1 Å². The van der Waals surface area contributed by atoms with Crippen LogP contribution in [0.25, 0.3) is 5.65 Å². The molecule has 2 rings (SSSR count). The fourth-order valence-corrected chi connectivity index (χ4v) is 2.02. The first-order chi connectivity index (χ1) is 9.65. The van der Waals surface area contributed by atoms with Crippen LogP contribution < -0.4 is 16.5 Å². The number of anilines is 2. The molecule has 0 aliphatic heterocycles. The summed E-state index contributed by atoms with van der Waals surface area (Å²) in [5.41, 5.74) is 9.67. The van der Waals surface area contributed by atoms with E-state index in [-0.39, 0.29) is 6.54 Å². The van der Waals surface area contributed by atoms with E-state index in [0.717, 1.165) is 36.4 Å². The van der Waals surface area contributed by atoms with E-state index in [1.54, 1.807) is 17.7 Å². The minimum absolute atomic E-state index is 0.0295. The minimum Gasteiger partial charge on any atom is -0.398 e. The second kappa shape index (κ2) is 6.25. The molecule has 0 aliphatic carbocycles. The molecule has 0 aromatic carbocycles. The number of nitrogens with zero attached hydrogens (tertiary/aromatic N) is 2. The molecular weight excluding hydrogens is 258 g/mol. The monoisotopic (exact) mass is 277 g/mol. The van der Waals surface area contributed by atoms with Crippen molar-refractivity contribution in [2.45, 2.75) is 26.2 Å². The van der Waals surface area contributed by atoms with Crippen molar-refractivity contribution in [3.63, 3.8) is 0 Å². The zero-order valence-corrected chi connectivity index (χ0v) is 11.4. The molecule has 5 N–H and O–H groups in total. The zero-order chi connectivity index (χ0) is 14.5. The lowest BCUT2D eigenvalue weighted by Gasteiger charge is -2.07. The average molecular weight is 277 g/mol. The molecule has 2 heterocycles. The van der Waals surface area contributed by atoms with Gasteiger partial charge in [0.15, 0.2) is 0 Å². The number of aryl methyl sites for hydroxylation is 1. The van der Waals surface area contributed by atoms with E-state index >= 15 is 0 Å². The Balaban J connectivity index is 2.34. The van der Waals surface area contributed by atoms with E-state index in [9.17, 15) is 4.79 Å². The van der Waals surface area contributed by atoms with Gasteiger partial charge in [0, 0.05) is 11.9 Å². The van der Waals surface area contributed by atoms with Crippen LogP contribution in [0.1, 0.15) is 25.5 Å². The molecule has 7 heteroatoms. The van der Waals surface area contributed by atoms with Gasteiger partial charge in [0.05, 0.1) is 12.2 Å². The third kappa shape index (κ3) is 3.00. The fourth-order valence-electron chi connectivity index (χ4n) is 2.02. The number of unbranched alkanes of at least 4 members (excludes halogenated alkanes) is 1. The van der Waals surface area contributed by atoms with Gasteiger partial charge in [-0.05, 0) is 25.0 Å². The van der Waals surface area contributed by atoms with Crippen molar-refractivity contribution in [2.75, 3.05) is 17.6 Å². The van der Waals surface area contributed by atoms with Gasteiger partial charge in [-0.15, -0.1) is 0 Å². The Labute approximate surface area is 116 Å². The van der Waals surface area contributed by atoms with Crippen molar-refractivity contribution in [2.24, 2.45) is 0 Å². The molecular formula is C13H19N5O2. The number of nitrogens with one attached hydrogen (secondary N) is 2. The number of imidazole rings is 1. The molecule has 0 fully saturated rings. The van der Waals surface area contributed by atoms with Crippen molar-refractivity contribution in [1.82, 2.24) is 14.9 Å². The van der Waals surface area contributed by atoms with E-state index in [1.165, 1.54) is 0 Å². The molecule has 0 bridgehead atoms. The first-order valence-electron chi connectivity index (χ1n) is 6.59. The topological polar surface area (TPSA) is 105 Å². The molecule has 108 valence electrons. The molecule has 0 saturated carbocycles. The number of amides is 1. The highest BCUT2D eigenvalue weighted by atomic mass is 16.5. The van der Waals surface area contributed by atoms with E-state index in [4.69, 9.17) is 10.9 Å². The van der Waals surface area contributed by atoms with Crippen molar-refractivity contribution in [1.29, 1.82) is 0 Å². The first-order valence-corrected chi connectivity index (χ1v) is 6.59. The lowest BCUT2D eigenvalue weighted by molar-refractivity contribution is -0.127. The molecule has 0 aliphatic rings. The molecule has 0 spiro atoms. The van der Waals surface area contributed by atoms with Crippen molar-refractivity contribution in [3.8, 4) is 0 Å². The van der Waals surface area contributed by atoms with Crippen LogP contribution in [0, 0.1) is 0 Å². The summed E-state index contributed by atoms with van der Waals surface area (Å²) < 4.78 is 1.82. The van der Waals surface area contributed by atoms with Crippen molar-refractivity contribution in [3.05, 3.63) is 24.0 Å². The van der Waals surface area contributed by atoms with Gasteiger partial charge in [-0.3, -0.25) is 14.4 Å². The van der Waals surface area contributed by atoms with Gasteiger partial charge in [0.25, 0.3) is 5.91 Å². The fraction of sp³-hybridized carbons (Fsp3) is 0.385. The lowest BCUT2D eigenvalue weighted by Crippen LogP contribution is -2.27. The van der Waals surface area contributed by atoms with Gasteiger partial charge in [-0.2, -0.15) is 0 Å². The Kier molecular flexibility index (Phi) is 4.41. The van der Waals surface area contributed by atoms with Crippen LogP contribution in [-0.4, -0.2) is 27.0 Å². The van der Waals surface area contributed by atoms with Crippen LogP contribution >= 0.6 is 0 Å². The lowest BCUT2D eigenvalue weighted by atomic mass is 10.2. The Hall–Kier alpha value is -2.28. The summed E-state index contributed by atoms with van der Waals surface area (Å²) in [7, 11) is 0. The van der Waals surface area contributed by atoms with E-state index in [1.807, 2.05) is 10.5 Å². The van der Waals surface area contributed by atoms with Gasteiger partial charge in [0.2, 0.25) is 0 Å². The first kappa shape index (κ1) is 14.1. The third-order valence-corrected chi connectivity index (χ3v) is 3.02. The molecule has 7 nitrogen and oxygen atoms in total. The van der Waals surface area contributed by atoms with Crippen LogP contribution in [0.5, 0.6) is 0 Å². The number of hydrogen-bond acceptors (Lipinski definition) is 5. The molecule has 0 atom stereocenters. The maximum Gasteiger partial charge on any atom is 0.262 e. The number of hydroxylamine groups is 1. The van der Waals surface area contributed by atoms with E-state index in [0.29, 0.717) is 5.69 Å². The summed E-state index contributed by atoms with van der Waals surface area (Å²) in [6.07, 6.45) is 4.66. The minimum atomic E-state index is -0.509. The molecule has 0 radical (unpaired) electrons. The molecule has 0 saturated heterocycles. The Morgan fingerprint density at radius 3 is 3.00 bits per heavy atom. The summed E-state index contributed by atoms with van der Waals surface area (Å²) in [5.74, 6) is 0.231. The van der Waals surface area contributed by atoms with Gasteiger partial charge < -0.3 is 11.1 Å². The van der Waals surface area contributed by atoms with Crippen LogP contribution in [0.3, 0.4) is 0 Å². The highest BCUT2D eigenvalue weighted by molar-refractivity contribution is 5.79. The zero-order valence-electron chi connectivity index (χ0n) is 11.4. The van der Waals surface area contributed by atoms with Gasteiger partial charge >= 0.3 is 0 Å². The number of nitrogens with two attached hydrogens (primary N) is 1. The second-order valence-electron chi connectivity index (χ2n) is 4.59. The smallest absolute Gasteiger partial charge is 0.262 e. The normalized spacial score (nSPS) is 10.7. The summed E-state index contributed by atoms with van der Waals surface area (Å²) in [6.45, 7) is 2.08. The number of pyridine rings is 1. The van der Waals surface area contributed by atoms with Gasteiger partial charge in [-0.25, -0.2) is 10.5 Å². The van der Waals surface area contributed by atoms with Crippen LogP contribution in [-0.2, 0) is 11.2 Å². The summed E-state index contributed by atoms with van der Waals surface area (Å²) in [6, 6.07) is 3.62. The summed E-state index contributed by atoms with van der Waals surface area (Å²) >= 11 is 0. The van der Waals surface area contributed by atoms with Crippen molar-refractivity contribution < 1.29 is 10.0 Å². The molecule has 0 unspecified atom stereocenters. The number of aromatic nitrogens is 2. The number of hydrogen-bond donors (Lipinski definition) is 4. The highest BCUT2D eigenvalue weighted by Crippen LogP contribution is 2.21. The molecule has 1 amide bonds. The number of carbonyl (C=O) groups excluding carboxylic acids is 1. The Bertz CT molecular complexity index is 608. The molecule has 20 heavy (non-hydrogen) atoms. The number of carbonyl (C=O) groups is 1. The van der Waals surface area contributed by atoms with Crippen LogP contribution in [0.4, 0.5) is 11.5 Å². The Morgan fingerprint density at radius 1 is 1.50 bits per heavy atom. The maximum absolute atomic E-state index is 11.2. The Morgan fingerprint density at radius 2 is 2.30 bits per heavy atom. The molecule has 2 aromatic rings. The van der Waals surface area contributed by atoms with Crippen LogP contribution in [0.2, 0.25) is 0 Å². The maximum atomic E-state index is 11.2. The second-order valence-corrected chi connectivity index (χ2v) is 4.59. The van der Waals surface area contributed by atoms with Crippen LogP contribution in [0.15, 0.2) is 18.3 Å². The third-order valence-electron chi connectivity index (χ3n) is 3.02. The number of nitrogen functional groups attached to an aromatic ring is 1. The van der Waals surface area contributed by atoms with E-state index < -0.39 is 5.91 Å². The number of fused-ring (bicyclic) bond motifs is 1. The average Bonchev–Trinajstić information content (AvgIpc) is 2.79. The largest absolute Gasteiger partial charge is 0.398 e. The van der Waals surface area contributed by atoms with E-state index in [2.05, 4.69) is 17.2 Å².